The second-order valence-electron chi connectivity index (χ2n) is 7.56. The van der Waals surface area contributed by atoms with E-state index < -0.39 is 30.8 Å². The van der Waals surface area contributed by atoms with Crippen LogP contribution in [-0.4, -0.2) is 27.7 Å². The Balaban J connectivity index is 1.68. The number of aromatic amines is 1. The number of para-hydroxylation sites is 1. The predicted octanol–water partition coefficient (Wildman–Crippen LogP) is 3.74. The minimum atomic E-state index is -3.61. The lowest BCUT2D eigenvalue weighted by Crippen LogP contribution is -2.35. The van der Waals surface area contributed by atoms with Gasteiger partial charge in [0, 0.05) is 12.7 Å². The molecule has 0 radical (unpaired) electrons. The van der Waals surface area contributed by atoms with Crippen LogP contribution in [0, 0.1) is 0 Å². The second kappa shape index (κ2) is 12.4. The van der Waals surface area contributed by atoms with Crippen LogP contribution in [-0.2, 0) is 27.2 Å². The molecule has 3 rings (SSSR count). The Hall–Kier alpha value is -3.39. The zero-order valence-corrected chi connectivity index (χ0v) is 20.6. The molecule has 2 aromatic carbocycles. The molecular formula is C24H25ClN3O6P. The van der Waals surface area contributed by atoms with Crippen LogP contribution >= 0.6 is 19.1 Å². The molecule has 11 heteroatoms. The van der Waals surface area contributed by atoms with E-state index in [0.717, 1.165) is 5.56 Å². The Morgan fingerprint density at radius 1 is 1.11 bits per heavy atom. The summed E-state index contributed by atoms with van der Waals surface area (Å²) in [4.78, 5) is 37.9. The lowest BCUT2D eigenvalue weighted by molar-refractivity contribution is -0.146. The lowest BCUT2D eigenvalue weighted by Gasteiger charge is -2.22. The quantitative estimate of drug-likeness (QED) is 0.226. The topological polar surface area (TPSA) is 119 Å². The van der Waals surface area contributed by atoms with Gasteiger partial charge in [0.1, 0.15) is 23.4 Å². The van der Waals surface area contributed by atoms with E-state index in [4.69, 9.17) is 20.9 Å². The highest BCUT2D eigenvalue weighted by atomic mass is 35.5. The van der Waals surface area contributed by atoms with Crippen molar-refractivity contribution in [2.24, 2.45) is 0 Å². The van der Waals surface area contributed by atoms with Crippen molar-refractivity contribution in [2.45, 2.75) is 26.1 Å². The van der Waals surface area contributed by atoms with E-state index in [0.29, 0.717) is 5.75 Å². The zero-order valence-electron chi connectivity index (χ0n) is 18.9. The molecule has 0 aliphatic rings. The molecule has 0 fully saturated rings. The van der Waals surface area contributed by atoms with Crippen molar-refractivity contribution >= 4 is 25.1 Å². The maximum Gasteiger partial charge on any atom is 0.328 e. The van der Waals surface area contributed by atoms with E-state index in [9.17, 15) is 18.9 Å². The number of rotatable bonds is 11. The van der Waals surface area contributed by atoms with Gasteiger partial charge in [0.15, 0.2) is 0 Å². The minimum Gasteiger partial charge on any atom is -0.460 e. The molecule has 0 aliphatic carbocycles. The summed E-state index contributed by atoms with van der Waals surface area (Å²) in [7, 11) is -3.61. The van der Waals surface area contributed by atoms with E-state index in [1.807, 2.05) is 30.3 Å². The van der Waals surface area contributed by atoms with Crippen molar-refractivity contribution in [1.29, 1.82) is 0 Å². The number of hydrogen-bond acceptors (Lipinski definition) is 6. The molecule has 0 spiro atoms. The fourth-order valence-electron chi connectivity index (χ4n) is 2.99. The number of carbonyl (C=O) groups is 1. The van der Waals surface area contributed by atoms with Crippen LogP contribution in [0.2, 0.25) is 5.02 Å². The number of halogens is 1. The molecule has 1 heterocycles. The number of carbonyl (C=O) groups excluding carboxylic acids is 1. The van der Waals surface area contributed by atoms with Crippen LogP contribution in [0.15, 0.2) is 88.6 Å². The first-order valence-corrected chi connectivity index (χ1v) is 12.9. The monoisotopic (exact) mass is 517 g/mol. The molecule has 2 atom stereocenters. The van der Waals surface area contributed by atoms with Crippen LogP contribution in [0.1, 0.15) is 12.5 Å². The molecule has 0 saturated carbocycles. The highest BCUT2D eigenvalue weighted by molar-refractivity contribution is 7.57. The van der Waals surface area contributed by atoms with Gasteiger partial charge in [-0.15, -0.1) is 0 Å². The van der Waals surface area contributed by atoms with Gasteiger partial charge in [-0.05, 0) is 24.6 Å². The predicted molar refractivity (Wildman–Crippen MR) is 134 cm³/mol. The number of aromatic nitrogens is 2. The summed E-state index contributed by atoms with van der Waals surface area (Å²) in [5, 5.41) is 2.65. The van der Waals surface area contributed by atoms with Gasteiger partial charge >= 0.3 is 19.2 Å². The molecule has 2 N–H and O–H groups in total. The van der Waals surface area contributed by atoms with Crippen molar-refractivity contribution in [3.05, 3.63) is 110 Å². The molecule has 9 nitrogen and oxygen atoms in total. The van der Waals surface area contributed by atoms with Gasteiger partial charge in [-0.3, -0.25) is 23.7 Å². The molecule has 1 unspecified atom stereocenters. The molecule has 3 aromatic rings. The molecule has 0 bridgehead atoms. The fraction of sp³-hybridized carbons (Fsp3) is 0.208. The van der Waals surface area contributed by atoms with Crippen LogP contribution in [0.5, 0.6) is 5.75 Å². The maximum atomic E-state index is 13.6. The van der Waals surface area contributed by atoms with Crippen molar-refractivity contribution in [3.63, 3.8) is 0 Å². The van der Waals surface area contributed by atoms with Crippen LogP contribution in [0.25, 0.3) is 0 Å². The Morgan fingerprint density at radius 3 is 2.46 bits per heavy atom. The zero-order chi connectivity index (χ0) is 25.3. The number of nitrogens with zero attached hydrogens (tertiary/aromatic N) is 1. The van der Waals surface area contributed by atoms with E-state index in [-0.39, 0.29) is 24.3 Å². The third-order valence-electron chi connectivity index (χ3n) is 4.75. The number of H-pyrrole nitrogens is 1. The third kappa shape index (κ3) is 8.10. The van der Waals surface area contributed by atoms with Crippen LogP contribution < -0.4 is 20.9 Å². The lowest BCUT2D eigenvalue weighted by atomic mass is 10.2. The van der Waals surface area contributed by atoms with Crippen molar-refractivity contribution in [1.82, 2.24) is 14.6 Å². The first-order valence-electron chi connectivity index (χ1n) is 10.7. The van der Waals surface area contributed by atoms with Crippen LogP contribution in [0.4, 0.5) is 0 Å². The van der Waals surface area contributed by atoms with E-state index >= 15 is 0 Å². The summed E-state index contributed by atoms with van der Waals surface area (Å²) in [6.45, 7) is 1.71. The minimum absolute atomic E-state index is 0.0787. The van der Waals surface area contributed by atoms with Gasteiger partial charge in [0.2, 0.25) is 0 Å². The van der Waals surface area contributed by atoms with Crippen molar-refractivity contribution < 1.29 is 18.6 Å². The maximum absolute atomic E-state index is 13.6. The first-order chi connectivity index (χ1) is 16.8. The average molecular weight is 518 g/mol. The van der Waals surface area contributed by atoms with E-state index in [1.165, 1.54) is 10.8 Å². The summed E-state index contributed by atoms with van der Waals surface area (Å²) < 4.78 is 25.9. The number of esters is 1. The molecular weight excluding hydrogens is 493 g/mol. The van der Waals surface area contributed by atoms with Gasteiger partial charge in [-0.1, -0.05) is 72.3 Å². The Bertz CT molecular complexity index is 1320. The Morgan fingerprint density at radius 2 is 1.77 bits per heavy atom. The van der Waals surface area contributed by atoms with Gasteiger partial charge in [0.05, 0.1) is 6.16 Å². The van der Waals surface area contributed by atoms with E-state index in [1.54, 1.807) is 49.4 Å². The summed E-state index contributed by atoms with van der Waals surface area (Å²) >= 11 is 5.77. The van der Waals surface area contributed by atoms with Gasteiger partial charge in [-0.2, -0.15) is 0 Å². The largest absolute Gasteiger partial charge is 0.460 e. The Labute approximate surface area is 206 Å². The standard InChI is InChI=1S/C24H25ClN3O6P/c1-18(23(30)33-17-19-10-4-2-5-11-19)27-35(32,34-20-12-6-3-7-13-20)15-9-8-14-28-16-21(25)22(29)26-24(28)31/h2-13,16,18H,14-15,17H2,1H3,(H,27,32)(H,26,29,31)/b9-8+/t18-,35?/m0/s1. The molecule has 0 saturated heterocycles. The molecule has 184 valence electrons. The SMILES string of the molecule is C[C@H](NP(=O)(C/C=C/Cn1cc(Cl)c(=O)[nH]c1=O)Oc1ccccc1)C(=O)OCc1ccccc1. The molecule has 1 aromatic heterocycles. The summed E-state index contributed by atoms with van der Waals surface area (Å²) in [6.07, 6.45) is 4.28. The van der Waals surface area contributed by atoms with E-state index in [2.05, 4.69) is 10.1 Å². The number of ether oxygens (including phenoxy) is 1. The third-order valence-corrected chi connectivity index (χ3v) is 6.99. The van der Waals surface area contributed by atoms with Gasteiger partial charge < -0.3 is 9.26 Å². The normalized spacial score (nSPS) is 13.8. The van der Waals surface area contributed by atoms with Crippen molar-refractivity contribution in [2.75, 3.05) is 6.16 Å². The van der Waals surface area contributed by atoms with Gasteiger partial charge in [-0.25, -0.2) is 9.88 Å². The molecule has 0 amide bonds. The number of benzene rings is 2. The summed E-state index contributed by atoms with van der Waals surface area (Å²) in [5.74, 6) is -0.214. The highest BCUT2D eigenvalue weighted by Gasteiger charge is 2.29. The second-order valence-corrected chi connectivity index (χ2v) is 10.1. The smallest absolute Gasteiger partial charge is 0.328 e. The number of nitrogens with one attached hydrogen (secondary N) is 2. The fourth-order valence-corrected chi connectivity index (χ4v) is 4.97. The van der Waals surface area contributed by atoms with Gasteiger partial charge in [0.25, 0.3) is 5.56 Å². The summed E-state index contributed by atoms with van der Waals surface area (Å²) in [5.41, 5.74) is -0.465. The first kappa shape index (κ1) is 26.2. The Kier molecular flexibility index (Phi) is 9.25. The summed E-state index contributed by atoms with van der Waals surface area (Å²) in [6, 6.07) is 16.9. The number of allylic oxidation sites excluding steroid dienone is 2. The molecule has 0 aliphatic heterocycles. The highest BCUT2D eigenvalue weighted by Crippen LogP contribution is 2.43. The number of hydrogen-bond donors (Lipinski definition) is 2. The van der Waals surface area contributed by atoms with Crippen molar-refractivity contribution in [3.8, 4) is 5.75 Å². The average Bonchev–Trinajstić information content (AvgIpc) is 2.84. The van der Waals surface area contributed by atoms with Crippen LogP contribution in [0.3, 0.4) is 0 Å². The molecule has 35 heavy (non-hydrogen) atoms.